The van der Waals surface area contributed by atoms with Crippen LogP contribution in [0.15, 0.2) is 41.6 Å². The number of methoxy groups -OCH3 is 1. The van der Waals surface area contributed by atoms with Crippen molar-refractivity contribution in [2.24, 2.45) is 0 Å². The number of hydrogen-bond donors (Lipinski definition) is 2. The quantitative estimate of drug-likeness (QED) is 0.756. The Labute approximate surface area is 164 Å². The molecule has 28 heavy (non-hydrogen) atoms. The molecule has 2 fully saturated rings. The van der Waals surface area contributed by atoms with E-state index in [2.05, 4.69) is 10.2 Å². The Hall–Kier alpha value is -2.38. The van der Waals surface area contributed by atoms with Gasteiger partial charge >= 0.3 is 12.0 Å². The molecule has 0 unspecified atom stereocenters. The molecule has 0 bridgehead atoms. The van der Waals surface area contributed by atoms with Crippen LogP contribution in [0.5, 0.6) is 0 Å². The van der Waals surface area contributed by atoms with Gasteiger partial charge in [-0.1, -0.05) is 30.3 Å². The SMILES string of the molecule is COC(=O)C1=C(CN2CCC[C@H](O)C2)N(C2CC2)C(=O)N[C@@H]1c1ccccc1. The fourth-order valence-corrected chi connectivity index (χ4v) is 4.19. The fourth-order valence-electron chi connectivity index (χ4n) is 4.19. The lowest BCUT2D eigenvalue weighted by Crippen LogP contribution is -2.52. The molecule has 2 aliphatic heterocycles. The van der Waals surface area contributed by atoms with E-state index in [1.807, 2.05) is 30.3 Å². The maximum absolute atomic E-state index is 13.0. The predicted molar refractivity (Wildman–Crippen MR) is 103 cm³/mol. The standard InChI is InChI=1S/C21H27N3O4/c1-28-20(26)18-17(13-23-11-5-8-16(25)12-23)24(15-9-10-15)21(27)22-19(18)14-6-3-2-4-7-14/h2-4,6-7,15-16,19,25H,5,8-13H2,1H3,(H,22,27)/t16-,19+/m0/s1. The highest BCUT2D eigenvalue weighted by Gasteiger charge is 2.44. The monoisotopic (exact) mass is 385 g/mol. The largest absolute Gasteiger partial charge is 0.466 e. The number of β-amino-alcohol motifs (C(OH)–C–C–N with tert-alkyl or cyclic N) is 1. The topological polar surface area (TPSA) is 82.1 Å². The van der Waals surface area contributed by atoms with Crippen molar-refractivity contribution in [2.45, 2.75) is 43.9 Å². The number of esters is 1. The molecule has 2 heterocycles. The van der Waals surface area contributed by atoms with E-state index in [1.54, 1.807) is 4.90 Å². The van der Waals surface area contributed by atoms with Crippen LogP contribution < -0.4 is 5.32 Å². The van der Waals surface area contributed by atoms with Crippen molar-refractivity contribution in [1.82, 2.24) is 15.1 Å². The first-order valence-electron chi connectivity index (χ1n) is 9.95. The van der Waals surface area contributed by atoms with Gasteiger partial charge in [0.1, 0.15) is 0 Å². The number of nitrogens with zero attached hydrogens (tertiary/aromatic N) is 2. The summed E-state index contributed by atoms with van der Waals surface area (Å²) in [5, 5.41) is 13.1. The molecule has 1 saturated heterocycles. The third kappa shape index (κ3) is 3.77. The van der Waals surface area contributed by atoms with Crippen LogP contribution in [0.2, 0.25) is 0 Å². The van der Waals surface area contributed by atoms with E-state index >= 15 is 0 Å². The van der Waals surface area contributed by atoms with Crippen LogP contribution >= 0.6 is 0 Å². The molecule has 2 atom stereocenters. The smallest absolute Gasteiger partial charge is 0.338 e. The molecule has 0 spiro atoms. The predicted octanol–water partition coefficient (Wildman–Crippen LogP) is 1.80. The van der Waals surface area contributed by atoms with Gasteiger partial charge in [0.25, 0.3) is 0 Å². The molecule has 0 radical (unpaired) electrons. The summed E-state index contributed by atoms with van der Waals surface area (Å²) in [5.74, 6) is -0.424. The summed E-state index contributed by atoms with van der Waals surface area (Å²) in [6, 6.07) is 8.92. The molecular weight excluding hydrogens is 358 g/mol. The summed E-state index contributed by atoms with van der Waals surface area (Å²) in [4.78, 5) is 29.7. The Bertz CT molecular complexity index is 775. The van der Waals surface area contributed by atoms with Crippen LogP contribution in [0.3, 0.4) is 0 Å². The molecular formula is C21H27N3O4. The third-order valence-corrected chi connectivity index (χ3v) is 5.68. The number of rotatable bonds is 5. The van der Waals surface area contributed by atoms with Crippen LogP contribution in [0, 0.1) is 0 Å². The Kier molecular flexibility index (Phi) is 5.37. The molecule has 1 aliphatic carbocycles. The fraction of sp³-hybridized carbons (Fsp3) is 0.524. The van der Waals surface area contributed by atoms with E-state index in [-0.39, 0.29) is 18.2 Å². The van der Waals surface area contributed by atoms with Crippen molar-refractivity contribution in [1.29, 1.82) is 0 Å². The van der Waals surface area contributed by atoms with E-state index < -0.39 is 12.0 Å². The number of hydrogen-bond acceptors (Lipinski definition) is 5. The number of amides is 2. The third-order valence-electron chi connectivity index (χ3n) is 5.68. The molecule has 150 valence electrons. The van der Waals surface area contributed by atoms with E-state index in [4.69, 9.17) is 4.74 Å². The Morgan fingerprint density at radius 3 is 2.64 bits per heavy atom. The van der Waals surface area contributed by atoms with Gasteiger partial charge in [-0.05, 0) is 37.8 Å². The van der Waals surface area contributed by atoms with Crippen molar-refractivity contribution in [2.75, 3.05) is 26.7 Å². The molecule has 7 heteroatoms. The summed E-state index contributed by atoms with van der Waals surface area (Å²) >= 11 is 0. The molecule has 2 amide bonds. The summed E-state index contributed by atoms with van der Waals surface area (Å²) in [6.45, 7) is 1.84. The number of carbonyl (C=O) groups excluding carboxylic acids is 2. The van der Waals surface area contributed by atoms with Crippen LogP contribution in [0.25, 0.3) is 0 Å². The lowest BCUT2D eigenvalue weighted by Gasteiger charge is -2.40. The number of ether oxygens (including phenoxy) is 1. The van der Waals surface area contributed by atoms with Crippen LogP contribution in [-0.2, 0) is 9.53 Å². The van der Waals surface area contributed by atoms with Gasteiger partial charge < -0.3 is 15.2 Å². The number of urea groups is 1. The summed E-state index contributed by atoms with van der Waals surface area (Å²) in [5.41, 5.74) is 2.05. The molecule has 1 aromatic rings. The Morgan fingerprint density at radius 1 is 1.25 bits per heavy atom. The van der Waals surface area contributed by atoms with E-state index in [0.29, 0.717) is 24.4 Å². The first-order valence-corrected chi connectivity index (χ1v) is 9.95. The van der Waals surface area contributed by atoms with Gasteiger partial charge in [-0.25, -0.2) is 9.59 Å². The first-order chi connectivity index (χ1) is 13.6. The second-order valence-electron chi connectivity index (χ2n) is 7.78. The van der Waals surface area contributed by atoms with Crippen LogP contribution in [0.4, 0.5) is 4.79 Å². The van der Waals surface area contributed by atoms with E-state index in [9.17, 15) is 14.7 Å². The average Bonchev–Trinajstić information content (AvgIpc) is 3.53. The van der Waals surface area contributed by atoms with Gasteiger partial charge in [0, 0.05) is 24.8 Å². The van der Waals surface area contributed by atoms with Crippen LogP contribution in [-0.4, -0.2) is 65.8 Å². The first kappa shape index (κ1) is 19.0. The van der Waals surface area contributed by atoms with E-state index in [0.717, 1.165) is 37.8 Å². The minimum Gasteiger partial charge on any atom is -0.466 e. The highest BCUT2D eigenvalue weighted by molar-refractivity contribution is 5.95. The molecule has 3 aliphatic rings. The maximum Gasteiger partial charge on any atom is 0.338 e. The number of carbonyl (C=O) groups is 2. The van der Waals surface area contributed by atoms with Gasteiger partial charge in [-0.2, -0.15) is 0 Å². The highest BCUT2D eigenvalue weighted by atomic mass is 16.5. The summed E-state index contributed by atoms with van der Waals surface area (Å²) in [7, 11) is 1.37. The Morgan fingerprint density at radius 2 is 2.00 bits per heavy atom. The number of likely N-dealkylation sites (tertiary alicyclic amines) is 1. The van der Waals surface area contributed by atoms with Gasteiger partial charge in [0.2, 0.25) is 0 Å². The minimum atomic E-state index is -0.541. The minimum absolute atomic E-state index is 0.126. The van der Waals surface area contributed by atoms with Gasteiger partial charge in [0.05, 0.1) is 24.8 Å². The summed E-state index contributed by atoms with van der Waals surface area (Å²) in [6.07, 6.45) is 3.19. The molecule has 1 saturated carbocycles. The molecule has 1 aromatic carbocycles. The van der Waals surface area contributed by atoms with Gasteiger partial charge in [-0.15, -0.1) is 0 Å². The second-order valence-corrected chi connectivity index (χ2v) is 7.78. The lowest BCUT2D eigenvalue weighted by atomic mass is 9.93. The maximum atomic E-state index is 13.0. The molecule has 7 nitrogen and oxygen atoms in total. The molecule has 2 N–H and O–H groups in total. The highest BCUT2D eigenvalue weighted by Crippen LogP contribution is 2.38. The number of piperidine rings is 1. The zero-order valence-corrected chi connectivity index (χ0v) is 16.1. The number of benzene rings is 1. The van der Waals surface area contributed by atoms with Crippen molar-refractivity contribution in [3.05, 3.63) is 47.2 Å². The molecule has 4 rings (SSSR count). The normalized spacial score (nSPS) is 26.2. The lowest BCUT2D eigenvalue weighted by molar-refractivity contribution is -0.136. The van der Waals surface area contributed by atoms with E-state index in [1.165, 1.54) is 7.11 Å². The average molecular weight is 385 g/mol. The van der Waals surface area contributed by atoms with Crippen LogP contribution in [0.1, 0.15) is 37.3 Å². The van der Waals surface area contributed by atoms with Gasteiger partial charge in [-0.3, -0.25) is 9.80 Å². The Balaban J connectivity index is 1.77. The number of aliphatic hydroxyl groups is 1. The number of nitrogens with one attached hydrogen (secondary N) is 1. The van der Waals surface area contributed by atoms with Crippen molar-refractivity contribution < 1.29 is 19.4 Å². The zero-order valence-electron chi connectivity index (χ0n) is 16.1. The van der Waals surface area contributed by atoms with Crippen molar-refractivity contribution in [3.63, 3.8) is 0 Å². The van der Waals surface area contributed by atoms with Gasteiger partial charge in [0.15, 0.2) is 0 Å². The number of aliphatic hydroxyl groups excluding tert-OH is 1. The summed E-state index contributed by atoms with van der Waals surface area (Å²) < 4.78 is 5.12. The second kappa shape index (κ2) is 7.93. The zero-order chi connectivity index (χ0) is 19.7. The van der Waals surface area contributed by atoms with Crippen molar-refractivity contribution >= 4 is 12.0 Å². The molecule has 0 aromatic heterocycles. The van der Waals surface area contributed by atoms with Crippen molar-refractivity contribution in [3.8, 4) is 0 Å².